The van der Waals surface area contributed by atoms with Gasteiger partial charge in [0.05, 0.1) is 11.0 Å². The van der Waals surface area contributed by atoms with E-state index in [1.807, 2.05) is 0 Å². The lowest BCUT2D eigenvalue weighted by Gasteiger charge is -2.12. The van der Waals surface area contributed by atoms with Gasteiger partial charge in [0.15, 0.2) is 0 Å². The van der Waals surface area contributed by atoms with E-state index in [1.165, 1.54) is 31.2 Å². The van der Waals surface area contributed by atoms with E-state index in [0.717, 1.165) is 25.5 Å². The van der Waals surface area contributed by atoms with Gasteiger partial charge in [0, 0.05) is 24.4 Å². The average Bonchev–Trinajstić information content (AvgIpc) is 3.16. The zero-order chi connectivity index (χ0) is 19.4. The summed E-state index contributed by atoms with van der Waals surface area (Å²) < 4.78 is 46.0. The monoisotopic (exact) mass is 392 g/mol. The Balaban J connectivity index is 1.64. The number of halogens is 1. The van der Waals surface area contributed by atoms with Gasteiger partial charge in [-0.05, 0) is 67.8 Å². The van der Waals surface area contributed by atoms with Crippen LogP contribution < -0.4 is 10.0 Å². The Morgan fingerprint density at radius 3 is 2.59 bits per heavy atom. The van der Waals surface area contributed by atoms with Crippen molar-refractivity contribution < 1.29 is 22.3 Å². The summed E-state index contributed by atoms with van der Waals surface area (Å²) >= 11 is 0. The maximum absolute atomic E-state index is 13.3. The molecule has 0 aliphatic carbocycles. The molecule has 1 atom stereocenters. The van der Waals surface area contributed by atoms with Crippen LogP contribution in [0.5, 0.6) is 0 Å². The number of benzene rings is 2. The fourth-order valence-electron chi connectivity index (χ4n) is 2.80. The first-order valence-corrected chi connectivity index (χ1v) is 10.1. The first-order chi connectivity index (χ1) is 12.8. The summed E-state index contributed by atoms with van der Waals surface area (Å²) in [5.41, 5.74) is 0.984. The molecule has 3 rings (SSSR count). The van der Waals surface area contributed by atoms with Gasteiger partial charge in [-0.1, -0.05) is 0 Å². The van der Waals surface area contributed by atoms with E-state index in [-0.39, 0.29) is 22.5 Å². The van der Waals surface area contributed by atoms with Gasteiger partial charge < -0.3 is 10.1 Å². The summed E-state index contributed by atoms with van der Waals surface area (Å²) in [6.45, 7) is 2.68. The third-order valence-electron chi connectivity index (χ3n) is 4.35. The van der Waals surface area contributed by atoms with Gasteiger partial charge in [-0.2, -0.15) is 0 Å². The highest BCUT2D eigenvalue weighted by Crippen LogP contribution is 2.19. The maximum atomic E-state index is 13.3. The molecule has 1 heterocycles. The van der Waals surface area contributed by atoms with Gasteiger partial charge in [-0.3, -0.25) is 9.52 Å². The molecule has 2 aromatic rings. The lowest BCUT2D eigenvalue weighted by Crippen LogP contribution is -2.31. The summed E-state index contributed by atoms with van der Waals surface area (Å²) in [5.74, 6) is -0.707. The van der Waals surface area contributed by atoms with Crippen molar-refractivity contribution in [3.05, 3.63) is 59.4 Å². The topological polar surface area (TPSA) is 84.5 Å². The van der Waals surface area contributed by atoms with E-state index in [2.05, 4.69) is 10.0 Å². The highest BCUT2D eigenvalue weighted by atomic mass is 32.2. The highest BCUT2D eigenvalue weighted by molar-refractivity contribution is 7.92. The van der Waals surface area contributed by atoms with Crippen molar-refractivity contribution in [1.82, 2.24) is 5.32 Å². The lowest BCUT2D eigenvalue weighted by atomic mass is 10.2. The number of sulfonamides is 1. The zero-order valence-electron chi connectivity index (χ0n) is 14.9. The summed E-state index contributed by atoms with van der Waals surface area (Å²) in [7, 11) is -3.84. The van der Waals surface area contributed by atoms with Gasteiger partial charge in [-0.25, -0.2) is 12.8 Å². The number of rotatable bonds is 6. The molecule has 2 N–H and O–H groups in total. The molecule has 2 aromatic carbocycles. The number of nitrogens with one attached hydrogen (secondary N) is 2. The SMILES string of the molecule is Cc1cc(S(=O)(=O)Nc2ccc(C(=O)NC[C@@H]3CCCO3)cc2)ccc1F. The molecule has 0 bridgehead atoms. The Hall–Kier alpha value is -2.45. The number of carbonyl (C=O) groups is 1. The number of ether oxygens (including phenoxy) is 1. The molecular weight excluding hydrogens is 371 g/mol. The number of aryl methyl sites for hydroxylation is 1. The highest BCUT2D eigenvalue weighted by Gasteiger charge is 2.18. The van der Waals surface area contributed by atoms with Gasteiger partial charge in [0.1, 0.15) is 5.82 Å². The normalized spacial score (nSPS) is 16.9. The smallest absolute Gasteiger partial charge is 0.261 e. The fraction of sp³-hybridized carbons (Fsp3) is 0.316. The van der Waals surface area contributed by atoms with Crippen molar-refractivity contribution in [2.45, 2.75) is 30.8 Å². The second-order valence-corrected chi connectivity index (χ2v) is 8.12. The van der Waals surface area contributed by atoms with Gasteiger partial charge >= 0.3 is 0 Å². The molecule has 1 fully saturated rings. The van der Waals surface area contributed by atoms with E-state index >= 15 is 0 Å². The second kappa shape index (κ2) is 8.06. The molecule has 27 heavy (non-hydrogen) atoms. The Labute approximate surface area is 157 Å². The summed E-state index contributed by atoms with van der Waals surface area (Å²) in [4.78, 5) is 12.1. The number of anilines is 1. The van der Waals surface area contributed by atoms with Crippen molar-refractivity contribution in [2.75, 3.05) is 17.9 Å². The Kier molecular flexibility index (Phi) is 5.76. The quantitative estimate of drug-likeness (QED) is 0.792. The Morgan fingerprint density at radius 1 is 1.22 bits per heavy atom. The predicted octanol–water partition coefficient (Wildman–Crippen LogP) is 2.84. The van der Waals surface area contributed by atoms with Crippen LogP contribution in [0.15, 0.2) is 47.4 Å². The number of amides is 1. The number of hydrogen-bond donors (Lipinski definition) is 2. The molecule has 0 unspecified atom stereocenters. The summed E-state index contributed by atoms with van der Waals surface area (Å²) in [6, 6.07) is 9.69. The molecule has 1 aliphatic rings. The van der Waals surface area contributed by atoms with Crippen LogP contribution >= 0.6 is 0 Å². The third-order valence-corrected chi connectivity index (χ3v) is 5.73. The van der Waals surface area contributed by atoms with E-state index in [9.17, 15) is 17.6 Å². The van der Waals surface area contributed by atoms with Crippen LogP contribution in [0.3, 0.4) is 0 Å². The first-order valence-electron chi connectivity index (χ1n) is 8.64. The minimum Gasteiger partial charge on any atom is -0.376 e. The standard InChI is InChI=1S/C19H21FN2O4S/c1-13-11-17(8-9-18(13)20)27(24,25)22-15-6-4-14(5-7-15)19(23)21-12-16-3-2-10-26-16/h4-9,11,16,22H,2-3,10,12H2,1H3,(H,21,23)/t16-/m0/s1. The Morgan fingerprint density at radius 2 is 1.96 bits per heavy atom. The fourth-order valence-corrected chi connectivity index (χ4v) is 3.95. The van der Waals surface area contributed by atoms with Crippen LogP contribution in [0.25, 0.3) is 0 Å². The van der Waals surface area contributed by atoms with Crippen molar-refractivity contribution in [2.24, 2.45) is 0 Å². The molecule has 144 valence electrons. The van der Waals surface area contributed by atoms with Crippen molar-refractivity contribution in [1.29, 1.82) is 0 Å². The van der Waals surface area contributed by atoms with E-state index in [0.29, 0.717) is 17.8 Å². The molecule has 1 aliphatic heterocycles. The van der Waals surface area contributed by atoms with Crippen molar-refractivity contribution in [3.8, 4) is 0 Å². The molecule has 1 saturated heterocycles. The van der Waals surface area contributed by atoms with E-state index in [4.69, 9.17) is 4.74 Å². The van der Waals surface area contributed by atoms with Crippen LogP contribution in [0.4, 0.5) is 10.1 Å². The molecule has 0 saturated carbocycles. The van der Waals surface area contributed by atoms with Crippen LogP contribution in [-0.4, -0.2) is 33.6 Å². The van der Waals surface area contributed by atoms with Crippen LogP contribution in [0, 0.1) is 12.7 Å². The van der Waals surface area contributed by atoms with Crippen LogP contribution in [0.1, 0.15) is 28.8 Å². The summed E-state index contributed by atoms with van der Waals surface area (Å²) in [5, 5.41) is 2.81. The molecule has 1 amide bonds. The number of hydrogen-bond acceptors (Lipinski definition) is 4. The average molecular weight is 392 g/mol. The predicted molar refractivity (Wildman–Crippen MR) is 99.7 cm³/mol. The van der Waals surface area contributed by atoms with Gasteiger partial charge in [-0.15, -0.1) is 0 Å². The molecule has 0 radical (unpaired) electrons. The Bertz CT molecular complexity index is 923. The number of carbonyl (C=O) groups excluding carboxylic acids is 1. The lowest BCUT2D eigenvalue weighted by molar-refractivity contribution is 0.0858. The second-order valence-electron chi connectivity index (χ2n) is 6.44. The van der Waals surface area contributed by atoms with Crippen molar-refractivity contribution >= 4 is 21.6 Å². The van der Waals surface area contributed by atoms with Gasteiger partial charge in [0.25, 0.3) is 15.9 Å². The van der Waals surface area contributed by atoms with Crippen LogP contribution in [-0.2, 0) is 14.8 Å². The third kappa shape index (κ3) is 4.84. The van der Waals surface area contributed by atoms with E-state index < -0.39 is 15.8 Å². The minimum absolute atomic E-state index is 0.0280. The van der Waals surface area contributed by atoms with Gasteiger partial charge in [0.2, 0.25) is 0 Å². The van der Waals surface area contributed by atoms with E-state index in [1.54, 1.807) is 12.1 Å². The first kappa shape index (κ1) is 19.3. The molecule has 8 heteroatoms. The molecule has 0 spiro atoms. The molecule has 6 nitrogen and oxygen atoms in total. The van der Waals surface area contributed by atoms with Crippen molar-refractivity contribution in [3.63, 3.8) is 0 Å². The minimum atomic E-state index is -3.84. The maximum Gasteiger partial charge on any atom is 0.261 e. The summed E-state index contributed by atoms with van der Waals surface area (Å²) in [6.07, 6.45) is 1.99. The van der Waals surface area contributed by atoms with Crippen LogP contribution in [0.2, 0.25) is 0 Å². The molecule has 0 aromatic heterocycles. The largest absolute Gasteiger partial charge is 0.376 e. The zero-order valence-corrected chi connectivity index (χ0v) is 15.7. The molecular formula is C19H21FN2O4S.